The Labute approximate surface area is 148 Å². The van der Waals surface area contributed by atoms with E-state index in [9.17, 15) is 13.2 Å². The number of benzene rings is 2. The number of carbonyl (C=O) groups is 1. The van der Waals surface area contributed by atoms with E-state index in [1.165, 1.54) is 35.9 Å². The van der Waals surface area contributed by atoms with Crippen molar-refractivity contribution in [3.63, 3.8) is 0 Å². The van der Waals surface area contributed by atoms with Crippen LogP contribution in [0.15, 0.2) is 59.5 Å². The lowest BCUT2D eigenvalue weighted by atomic mass is 9.87. The van der Waals surface area contributed by atoms with Crippen molar-refractivity contribution in [2.24, 2.45) is 5.14 Å². The molecule has 3 N–H and O–H groups in total. The maximum atomic E-state index is 12.0. The molecule has 2 aromatic carbocycles. The second-order valence-corrected chi connectivity index (χ2v) is 8.33. The summed E-state index contributed by atoms with van der Waals surface area (Å²) in [6, 6.07) is 13.7. The minimum atomic E-state index is -3.74. The van der Waals surface area contributed by atoms with Gasteiger partial charge in [-0.05, 0) is 46.9 Å². The van der Waals surface area contributed by atoms with Gasteiger partial charge in [-0.2, -0.15) is 0 Å². The summed E-state index contributed by atoms with van der Waals surface area (Å²) in [6.07, 6.45) is 3.15. The number of anilines is 1. The van der Waals surface area contributed by atoms with Gasteiger partial charge < -0.3 is 5.32 Å². The summed E-state index contributed by atoms with van der Waals surface area (Å²) in [5.41, 5.74) is 2.73. The molecule has 0 bridgehead atoms. The Bertz CT molecular complexity index is 876. The standard InChI is InChI=1S/C19H22N2O3S/c1-19(2,3)15-7-4-14(5-8-15)6-13-18(22)21-16-9-11-17(12-10-16)25(20,23)24/h4-13H,1-3H3,(H,21,22)(H2,20,23,24)/b13-6+. The predicted molar refractivity (Wildman–Crippen MR) is 101 cm³/mol. The summed E-state index contributed by atoms with van der Waals surface area (Å²) < 4.78 is 22.4. The Hall–Kier alpha value is -2.44. The average molecular weight is 358 g/mol. The molecule has 0 saturated carbocycles. The summed E-state index contributed by atoms with van der Waals surface area (Å²) in [4.78, 5) is 12.0. The number of nitrogens with two attached hydrogens (primary N) is 1. The van der Waals surface area contributed by atoms with Crippen molar-refractivity contribution >= 4 is 27.7 Å². The first-order valence-electron chi connectivity index (χ1n) is 7.78. The van der Waals surface area contributed by atoms with E-state index in [-0.39, 0.29) is 16.2 Å². The minimum Gasteiger partial charge on any atom is -0.323 e. The van der Waals surface area contributed by atoms with Crippen LogP contribution in [0.3, 0.4) is 0 Å². The molecule has 0 aromatic heterocycles. The molecular weight excluding hydrogens is 336 g/mol. The van der Waals surface area contributed by atoms with Crippen molar-refractivity contribution in [3.05, 3.63) is 65.7 Å². The summed E-state index contributed by atoms with van der Waals surface area (Å²) in [5, 5.41) is 7.70. The molecule has 0 atom stereocenters. The highest BCUT2D eigenvalue weighted by Gasteiger charge is 2.12. The van der Waals surface area contributed by atoms with E-state index in [1.807, 2.05) is 24.3 Å². The fourth-order valence-electron chi connectivity index (χ4n) is 2.18. The van der Waals surface area contributed by atoms with E-state index in [0.717, 1.165) is 5.56 Å². The van der Waals surface area contributed by atoms with Gasteiger partial charge in [-0.25, -0.2) is 13.6 Å². The second kappa shape index (κ2) is 7.21. The van der Waals surface area contributed by atoms with Gasteiger partial charge in [0.15, 0.2) is 0 Å². The van der Waals surface area contributed by atoms with Crippen LogP contribution in [-0.2, 0) is 20.2 Å². The molecule has 0 saturated heterocycles. The number of primary sulfonamides is 1. The lowest BCUT2D eigenvalue weighted by Crippen LogP contribution is -2.12. The summed E-state index contributed by atoms with van der Waals surface area (Å²) in [5.74, 6) is -0.303. The molecule has 0 aliphatic carbocycles. The van der Waals surface area contributed by atoms with Crippen LogP contribution in [0.25, 0.3) is 6.08 Å². The Morgan fingerprint density at radius 2 is 1.56 bits per heavy atom. The van der Waals surface area contributed by atoms with Gasteiger partial charge in [0.05, 0.1) is 4.90 Å². The van der Waals surface area contributed by atoms with Gasteiger partial charge in [0.2, 0.25) is 15.9 Å². The minimum absolute atomic E-state index is 0.0000193. The lowest BCUT2D eigenvalue weighted by molar-refractivity contribution is -0.111. The Morgan fingerprint density at radius 3 is 2.04 bits per heavy atom. The van der Waals surface area contributed by atoms with Gasteiger partial charge in [-0.3, -0.25) is 4.79 Å². The van der Waals surface area contributed by atoms with Crippen molar-refractivity contribution in [2.45, 2.75) is 31.1 Å². The number of carbonyl (C=O) groups excluding carboxylic acids is 1. The zero-order valence-electron chi connectivity index (χ0n) is 14.5. The molecule has 0 radical (unpaired) electrons. The third kappa shape index (κ3) is 5.55. The quantitative estimate of drug-likeness (QED) is 0.822. The summed E-state index contributed by atoms with van der Waals surface area (Å²) >= 11 is 0. The molecule has 132 valence electrons. The van der Waals surface area contributed by atoms with Crippen molar-refractivity contribution < 1.29 is 13.2 Å². The van der Waals surface area contributed by atoms with Gasteiger partial charge in [0, 0.05) is 11.8 Å². The monoisotopic (exact) mass is 358 g/mol. The highest BCUT2D eigenvalue weighted by Crippen LogP contribution is 2.22. The average Bonchev–Trinajstić information content (AvgIpc) is 2.52. The normalized spacial score (nSPS) is 12.3. The third-order valence-electron chi connectivity index (χ3n) is 3.65. The number of sulfonamides is 1. The molecule has 2 aromatic rings. The van der Waals surface area contributed by atoms with Crippen LogP contribution in [0.2, 0.25) is 0 Å². The van der Waals surface area contributed by atoms with Crippen LogP contribution < -0.4 is 10.5 Å². The molecule has 2 rings (SSSR count). The van der Waals surface area contributed by atoms with E-state index in [1.54, 1.807) is 6.08 Å². The van der Waals surface area contributed by atoms with Crippen LogP contribution in [-0.4, -0.2) is 14.3 Å². The highest BCUT2D eigenvalue weighted by atomic mass is 32.2. The van der Waals surface area contributed by atoms with E-state index in [2.05, 4.69) is 26.1 Å². The van der Waals surface area contributed by atoms with Gasteiger partial charge in [-0.15, -0.1) is 0 Å². The van der Waals surface area contributed by atoms with E-state index >= 15 is 0 Å². The molecule has 1 amide bonds. The number of amides is 1. The first kappa shape index (κ1) is 18.9. The Kier molecular flexibility index (Phi) is 5.45. The van der Waals surface area contributed by atoms with Gasteiger partial charge in [0.1, 0.15) is 0 Å². The molecular formula is C19H22N2O3S. The van der Waals surface area contributed by atoms with Crippen molar-refractivity contribution in [3.8, 4) is 0 Å². The van der Waals surface area contributed by atoms with E-state index < -0.39 is 10.0 Å². The van der Waals surface area contributed by atoms with Crippen molar-refractivity contribution in [1.29, 1.82) is 0 Å². The molecule has 0 fully saturated rings. The molecule has 6 heteroatoms. The fraction of sp³-hybridized carbons (Fsp3) is 0.211. The smallest absolute Gasteiger partial charge is 0.248 e. The molecule has 0 spiro atoms. The predicted octanol–water partition coefficient (Wildman–Crippen LogP) is 3.28. The first-order valence-corrected chi connectivity index (χ1v) is 9.33. The highest BCUT2D eigenvalue weighted by molar-refractivity contribution is 7.89. The Balaban J connectivity index is 2.01. The molecule has 0 aliphatic heterocycles. The van der Waals surface area contributed by atoms with Gasteiger partial charge >= 0.3 is 0 Å². The maximum absolute atomic E-state index is 12.0. The number of nitrogens with one attached hydrogen (secondary N) is 1. The summed E-state index contributed by atoms with van der Waals surface area (Å²) in [6.45, 7) is 6.44. The molecule has 0 aliphatic rings. The van der Waals surface area contributed by atoms with E-state index in [4.69, 9.17) is 5.14 Å². The second-order valence-electron chi connectivity index (χ2n) is 6.76. The van der Waals surface area contributed by atoms with E-state index in [0.29, 0.717) is 5.69 Å². The van der Waals surface area contributed by atoms with Crippen LogP contribution in [0.4, 0.5) is 5.69 Å². The number of rotatable bonds is 4. The van der Waals surface area contributed by atoms with Crippen molar-refractivity contribution in [2.75, 3.05) is 5.32 Å². The topological polar surface area (TPSA) is 89.3 Å². The molecule has 0 heterocycles. The number of hydrogen-bond donors (Lipinski definition) is 2. The van der Waals surface area contributed by atoms with Gasteiger partial charge in [0.25, 0.3) is 0 Å². The third-order valence-corrected chi connectivity index (χ3v) is 4.58. The van der Waals surface area contributed by atoms with Gasteiger partial charge in [-0.1, -0.05) is 45.0 Å². The van der Waals surface area contributed by atoms with Crippen LogP contribution >= 0.6 is 0 Å². The zero-order valence-corrected chi connectivity index (χ0v) is 15.3. The fourth-order valence-corrected chi connectivity index (χ4v) is 2.69. The largest absolute Gasteiger partial charge is 0.323 e. The lowest BCUT2D eigenvalue weighted by Gasteiger charge is -2.18. The zero-order chi connectivity index (χ0) is 18.7. The Morgan fingerprint density at radius 1 is 1.00 bits per heavy atom. The summed E-state index contributed by atoms with van der Waals surface area (Å²) in [7, 11) is -3.74. The van der Waals surface area contributed by atoms with Crippen molar-refractivity contribution in [1.82, 2.24) is 0 Å². The van der Waals surface area contributed by atoms with Crippen LogP contribution in [0.5, 0.6) is 0 Å². The molecule has 25 heavy (non-hydrogen) atoms. The van der Waals surface area contributed by atoms with Crippen LogP contribution in [0.1, 0.15) is 31.9 Å². The first-order chi connectivity index (χ1) is 11.6. The SMILES string of the molecule is CC(C)(C)c1ccc(/C=C/C(=O)Nc2ccc(S(N)(=O)=O)cc2)cc1. The molecule has 0 unspecified atom stereocenters. The molecule has 5 nitrogen and oxygen atoms in total. The maximum Gasteiger partial charge on any atom is 0.248 e. The van der Waals surface area contributed by atoms with Crippen LogP contribution in [0, 0.1) is 0 Å². The number of hydrogen-bond acceptors (Lipinski definition) is 3.